The summed E-state index contributed by atoms with van der Waals surface area (Å²) in [7, 11) is 0. The lowest BCUT2D eigenvalue weighted by atomic mass is 9.88. The number of hydrogen-bond acceptors (Lipinski definition) is 2. The van der Waals surface area contributed by atoms with E-state index < -0.39 is 0 Å². The molecule has 0 aromatic rings. The third kappa shape index (κ3) is 2.73. The fourth-order valence-corrected chi connectivity index (χ4v) is 3.68. The molecule has 2 fully saturated rings. The Morgan fingerprint density at radius 3 is 2.60 bits per heavy atom. The molecule has 2 aliphatic carbocycles. The second kappa shape index (κ2) is 5.31. The van der Waals surface area contributed by atoms with Crippen molar-refractivity contribution in [2.75, 3.05) is 26.2 Å². The zero-order valence-electron chi connectivity index (χ0n) is 9.99. The molecule has 88 valence electrons. The first kappa shape index (κ1) is 11.4. The Balaban J connectivity index is 1.78. The molecule has 0 spiro atoms. The standard InChI is InChI=1S/C13H25NO/c1-2-5-14(6-7-15)10-13-9-11-3-4-12(13)8-11/h11-13,15H,2-10H2,1H3. The second-order valence-corrected chi connectivity index (χ2v) is 5.46. The van der Waals surface area contributed by atoms with Crippen LogP contribution >= 0.6 is 0 Å². The van der Waals surface area contributed by atoms with Gasteiger partial charge >= 0.3 is 0 Å². The third-order valence-electron chi connectivity index (χ3n) is 4.33. The number of aliphatic hydroxyl groups excluding tert-OH is 1. The van der Waals surface area contributed by atoms with Crippen LogP contribution in [0.1, 0.15) is 39.0 Å². The topological polar surface area (TPSA) is 23.5 Å². The summed E-state index contributed by atoms with van der Waals surface area (Å²) < 4.78 is 0. The van der Waals surface area contributed by atoms with Crippen molar-refractivity contribution in [1.29, 1.82) is 0 Å². The van der Waals surface area contributed by atoms with E-state index in [0.717, 1.165) is 30.8 Å². The summed E-state index contributed by atoms with van der Waals surface area (Å²) in [6.45, 7) is 5.83. The first-order chi connectivity index (χ1) is 7.33. The summed E-state index contributed by atoms with van der Waals surface area (Å²) in [4.78, 5) is 2.46. The first-order valence-corrected chi connectivity index (χ1v) is 6.66. The predicted molar refractivity (Wildman–Crippen MR) is 62.8 cm³/mol. The van der Waals surface area contributed by atoms with Crippen molar-refractivity contribution in [3.63, 3.8) is 0 Å². The molecule has 0 aromatic carbocycles. The van der Waals surface area contributed by atoms with Crippen LogP contribution in [0.15, 0.2) is 0 Å². The summed E-state index contributed by atoms with van der Waals surface area (Å²) in [5, 5.41) is 9.03. The van der Waals surface area contributed by atoms with Crippen molar-refractivity contribution < 1.29 is 5.11 Å². The Morgan fingerprint density at radius 1 is 1.20 bits per heavy atom. The van der Waals surface area contributed by atoms with Gasteiger partial charge in [-0.3, -0.25) is 0 Å². The minimum absolute atomic E-state index is 0.320. The lowest BCUT2D eigenvalue weighted by Gasteiger charge is -2.29. The van der Waals surface area contributed by atoms with Crippen LogP contribution in [0.2, 0.25) is 0 Å². The van der Waals surface area contributed by atoms with E-state index in [1.807, 2.05) is 0 Å². The molecule has 0 radical (unpaired) electrons. The molecular weight excluding hydrogens is 186 g/mol. The molecule has 2 bridgehead atoms. The average molecular weight is 211 g/mol. The van der Waals surface area contributed by atoms with Crippen LogP contribution in [0.4, 0.5) is 0 Å². The van der Waals surface area contributed by atoms with Gasteiger partial charge in [0.05, 0.1) is 6.61 Å². The van der Waals surface area contributed by atoms with Gasteiger partial charge in [-0.25, -0.2) is 0 Å². The minimum Gasteiger partial charge on any atom is -0.395 e. The number of fused-ring (bicyclic) bond motifs is 2. The van der Waals surface area contributed by atoms with Gasteiger partial charge < -0.3 is 10.0 Å². The molecule has 3 unspecified atom stereocenters. The van der Waals surface area contributed by atoms with Crippen molar-refractivity contribution in [3.8, 4) is 0 Å². The van der Waals surface area contributed by atoms with E-state index in [2.05, 4.69) is 11.8 Å². The van der Waals surface area contributed by atoms with Gasteiger partial charge in [-0.1, -0.05) is 13.3 Å². The Hall–Kier alpha value is -0.0800. The van der Waals surface area contributed by atoms with Crippen LogP contribution in [0.5, 0.6) is 0 Å². The SMILES string of the molecule is CCCN(CCO)CC1CC2CCC1C2. The molecule has 0 aromatic heterocycles. The van der Waals surface area contributed by atoms with Crippen LogP contribution in [-0.4, -0.2) is 36.2 Å². The summed E-state index contributed by atoms with van der Waals surface area (Å²) in [6.07, 6.45) is 7.16. The Morgan fingerprint density at radius 2 is 2.07 bits per heavy atom. The van der Waals surface area contributed by atoms with E-state index in [1.165, 1.54) is 38.6 Å². The zero-order valence-corrected chi connectivity index (χ0v) is 9.99. The molecule has 1 N–H and O–H groups in total. The maximum atomic E-state index is 9.03. The molecule has 15 heavy (non-hydrogen) atoms. The molecular formula is C13H25NO. The molecule has 2 rings (SSSR count). The summed E-state index contributed by atoms with van der Waals surface area (Å²) >= 11 is 0. The highest BCUT2D eigenvalue weighted by atomic mass is 16.3. The number of hydrogen-bond donors (Lipinski definition) is 1. The number of nitrogens with zero attached hydrogens (tertiary/aromatic N) is 1. The van der Waals surface area contributed by atoms with E-state index in [9.17, 15) is 0 Å². The van der Waals surface area contributed by atoms with Crippen LogP contribution in [-0.2, 0) is 0 Å². The fraction of sp³-hybridized carbons (Fsp3) is 1.00. The highest BCUT2D eigenvalue weighted by Crippen LogP contribution is 2.48. The maximum absolute atomic E-state index is 9.03. The van der Waals surface area contributed by atoms with Gasteiger partial charge in [0.25, 0.3) is 0 Å². The van der Waals surface area contributed by atoms with Gasteiger partial charge in [0.15, 0.2) is 0 Å². The van der Waals surface area contributed by atoms with Crippen LogP contribution in [0.3, 0.4) is 0 Å². The largest absolute Gasteiger partial charge is 0.395 e. The highest BCUT2D eigenvalue weighted by Gasteiger charge is 2.39. The Bertz CT molecular complexity index is 189. The van der Waals surface area contributed by atoms with Gasteiger partial charge in [0.1, 0.15) is 0 Å². The first-order valence-electron chi connectivity index (χ1n) is 6.66. The predicted octanol–water partition coefficient (Wildman–Crippen LogP) is 2.13. The van der Waals surface area contributed by atoms with Crippen molar-refractivity contribution in [3.05, 3.63) is 0 Å². The molecule has 0 heterocycles. The maximum Gasteiger partial charge on any atom is 0.0558 e. The van der Waals surface area contributed by atoms with Crippen molar-refractivity contribution in [2.24, 2.45) is 17.8 Å². The van der Waals surface area contributed by atoms with E-state index in [-0.39, 0.29) is 0 Å². The normalized spacial score (nSPS) is 34.2. The molecule has 0 aliphatic heterocycles. The van der Waals surface area contributed by atoms with E-state index in [4.69, 9.17) is 5.11 Å². The molecule has 2 saturated carbocycles. The van der Waals surface area contributed by atoms with E-state index in [1.54, 1.807) is 0 Å². The van der Waals surface area contributed by atoms with Gasteiger partial charge in [0.2, 0.25) is 0 Å². The molecule has 2 heteroatoms. The molecule has 2 aliphatic rings. The third-order valence-corrected chi connectivity index (χ3v) is 4.33. The fourth-order valence-electron chi connectivity index (χ4n) is 3.68. The highest BCUT2D eigenvalue weighted by molar-refractivity contribution is 4.91. The number of rotatable bonds is 6. The molecule has 3 atom stereocenters. The van der Waals surface area contributed by atoms with Gasteiger partial charge in [0, 0.05) is 13.1 Å². The van der Waals surface area contributed by atoms with Gasteiger partial charge in [-0.2, -0.15) is 0 Å². The van der Waals surface area contributed by atoms with Crippen LogP contribution in [0.25, 0.3) is 0 Å². The summed E-state index contributed by atoms with van der Waals surface area (Å²) in [5.74, 6) is 3.02. The van der Waals surface area contributed by atoms with Crippen molar-refractivity contribution >= 4 is 0 Å². The van der Waals surface area contributed by atoms with Gasteiger partial charge in [-0.05, 0) is 50.0 Å². The molecule has 0 saturated heterocycles. The van der Waals surface area contributed by atoms with Crippen molar-refractivity contribution in [1.82, 2.24) is 4.90 Å². The molecule has 0 amide bonds. The van der Waals surface area contributed by atoms with Crippen molar-refractivity contribution in [2.45, 2.75) is 39.0 Å². The Kier molecular flexibility index (Phi) is 4.04. The van der Waals surface area contributed by atoms with E-state index >= 15 is 0 Å². The lowest BCUT2D eigenvalue weighted by molar-refractivity contribution is 0.154. The van der Waals surface area contributed by atoms with Gasteiger partial charge in [-0.15, -0.1) is 0 Å². The quantitative estimate of drug-likeness (QED) is 0.727. The Labute approximate surface area is 93.7 Å². The zero-order chi connectivity index (χ0) is 10.7. The molecule has 2 nitrogen and oxygen atoms in total. The lowest BCUT2D eigenvalue weighted by Crippen LogP contribution is -2.34. The monoisotopic (exact) mass is 211 g/mol. The smallest absolute Gasteiger partial charge is 0.0558 e. The summed E-state index contributed by atoms with van der Waals surface area (Å²) in [5.41, 5.74) is 0. The number of aliphatic hydroxyl groups is 1. The van der Waals surface area contributed by atoms with Crippen LogP contribution < -0.4 is 0 Å². The second-order valence-electron chi connectivity index (χ2n) is 5.46. The minimum atomic E-state index is 0.320. The average Bonchev–Trinajstić information content (AvgIpc) is 2.80. The van der Waals surface area contributed by atoms with E-state index in [0.29, 0.717) is 6.61 Å². The summed E-state index contributed by atoms with van der Waals surface area (Å²) in [6, 6.07) is 0. The van der Waals surface area contributed by atoms with Crippen LogP contribution in [0, 0.1) is 17.8 Å².